The second-order valence-corrected chi connectivity index (χ2v) is 7.06. The first kappa shape index (κ1) is 18.0. The molecule has 3 N–H and O–H groups in total. The number of nitrogen functional groups attached to an aromatic ring is 1. The zero-order chi connectivity index (χ0) is 19.5. The van der Waals surface area contributed by atoms with Crippen LogP contribution in [0.25, 0.3) is 10.8 Å². The summed E-state index contributed by atoms with van der Waals surface area (Å²) in [5, 5.41) is 13.1. The summed E-state index contributed by atoms with van der Waals surface area (Å²) >= 11 is 0. The van der Waals surface area contributed by atoms with Gasteiger partial charge in [-0.2, -0.15) is 0 Å². The van der Waals surface area contributed by atoms with E-state index in [0.717, 1.165) is 28.4 Å². The molecule has 0 aromatic heterocycles. The number of benzene rings is 3. The van der Waals surface area contributed by atoms with E-state index in [-0.39, 0.29) is 11.5 Å². The molecule has 3 aromatic carbocycles. The number of allylic oxidation sites excluding steroid dienone is 2. The van der Waals surface area contributed by atoms with Gasteiger partial charge in [-0.1, -0.05) is 42.5 Å². The highest BCUT2D eigenvalue weighted by Crippen LogP contribution is 2.27. The number of aliphatic hydroxyl groups excluding tert-OH is 1. The predicted molar refractivity (Wildman–Crippen MR) is 114 cm³/mol. The molecule has 0 radical (unpaired) electrons. The Morgan fingerprint density at radius 3 is 2.54 bits per heavy atom. The van der Waals surface area contributed by atoms with Crippen LogP contribution in [-0.2, 0) is 11.2 Å². The number of carbonyl (C=O) groups is 1. The molecule has 0 bridgehead atoms. The van der Waals surface area contributed by atoms with E-state index in [0.29, 0.717) is 36.2 Å². The van der Waals surface area contributed by atoms with Gasteiger partial charge < -0.3 is 10.8 Å². The number of aliphatic imine (C=N–C) groups is 1. The molecule has 0 amide bonds. The van der Waals surface area contributed by atoms with Crippen molar-refractivity contribution >= 4 is 33.6 Å². The fourth-order valence-corrected chi connectivity index (χ4v) is 3.69. The van der Waals surface area contributed by atoms with Gasteiger partial charge in [-0.25, -0.2) is 0 Å². The van der Waals surface area contributed by atoms with Crippen molar-refractivity contribution in [1.29, 1.82) is 0 Å². The zero-order valence-corrected chi connectivity index (χ0v) is 15.6. The van der Waals surface area contributed by atoms with Crippen LogP contribution >= 0.6 is 0 Å². The number of aliphatic hydroxyl groups is 1. The van der Waals surface area contributed by atoms with Crippen molar-refractivity contribution in [2.75, 3.05) is 5.73 Å². The Labute approximate surface area is 164 Å². The highest BCUT2D eigenvalue weighted by atomic mass is 16.3. The second kappa shape index (κ2) is 7.69. The van der Waals surface area contributed by atoms with Crippen molar-refractivity contribution in [1.82, 2.24) is 0 Å². The summed E-state index contributed by atoms with van der Waals surface area (Å²) in [6.07, 6.45) is 2.17. The minimum absolute atomic E-state index is 0.0434. The molecule has 1 aliphatic rings. The van der Waals surface area contributed by atoms with Gasteiger partial charge in [-0.3, -0.25) is 9.79 Å². The first-order valence-corrected chi connectivity index (χ1v) is 9.47. The molecular formula is C24H22N2O2. The van der Waals surface area contributed by atoms with Gasteiger partial charge in [0.2, 0.25) is 0 Å². The number of carbonyl (C=O) groups excluding carboxylic acids is 1. The molecule has 0 heterocycles. The van der Waals surface area contributed by atoms with Crippen molar-refractivity contribution in [3.05, 3.63) is 83.6 Å². The van der Waals surface area contributed by atoms with Gasteiger partial charge in [0.05, 0.1) is 17.0 Å². The largest absolute Gasteiger partial charge is 0.511 e. The van der Waals surface area contributed by atoms with E-state index < -0.39 is 0 Å². The number of hydrogen-bond acceptors (Lipinski definition) is 4. The number of nitrogens with zero attached hydrogens (tertiary/aromatic N) is 1. The molecular weight excluding hydrogens is 348 g/mol. The third-order valence-corrected chi connectivity index (χ3v) is 5.07. The molecule has 0 spiro atoms. The quantitative estimate of drug-likeness (QED) is 0.373. The monoisotopic (exact) mass is 370 g/mol. The van der Waals surface area contributed by atoms with Crippen molar-refractivity contribution in [3.63, 3.8) is 0 Å². The predicted octanol–water partition coefficient (Wildman–Crippen LogP) is 5.30. The van der Waals surface area contributed by atoms with E-state index in [1.54, 1.807) is 12.1 Å². The lowest BCUT2D eigenvalue weighted by molar-refractivity contribution is -0.115. The van der Waals surface area contributed by atoms with Gasteiger partial charge in [-0.15, -0.1) is 0 Å². The molecule has 4 nitrogen and oxygen atoms in total. The Morgan fingerprint density at radius 1 is 0.964 bits per heavy atom. The Hall–Kier alpha value is -3.40. The molecule has 140 valence electrons. The molecule has 0 unspecified atom stereocenters. The maximum absolute atomic E-state index is 12.6. The van der Waals surface area contributed by atoms with Crippen LogP contribution in [0.1, 0.15) is 24.8 Å². The topological polar surface area (TPSA) is 75.7 Å². The van der Waals surface area contributed by atoms with Crippen LogP contribution < -0.4 is 5.73 Å². The molecule has 1 saturated carbocycles. The van der Waals surface area contributed by atoms with Crippen LogP contribution in [-0.4, -0.2) is 16.6 Å². The molecule has 4 heteroatoms. The third-order valence-electron chi connectivity index (χ3n) is 5.07. The van der Waals surface area contributed by atoms with Crippen molar-refractivity contribution in [3.8, 4) is 0 Å². The highest BCUT2D eigenvalue weighted by Gasteiger charge is 2.25. The Morgan fingerprint density at radius 2 is 1.71 bits per heavy atom. The standard InChI is InChI=1S/C24H22N2O2/c25-18-11-13-19(14-12-18)26-21-9-4-10-22(27)24(21)23(28)15-17-7-3-6-16-5-1-2-8-20(16)17/h1-3,5-8,11-14,28H,4,9-10,15,25H2/b24-23-,26-21?. The van der Waals surface area contributed by atoms with Gasteiger partial charge in [0.15, 0.2) is 5.78 Å². The summed E-state index contributed by atoms with van der Waals surface area (Å²) in [5.74, 6) is 0.0495. The summed E-state index contributed by atoms with van der Waals surface area (Å²) in [6.45, 7) is 0. The fraction of sp³-hybridized carbons (Fsp3) is 0.167. The molecule has 0 aliphatic heterocycles. The van der Waals surface area contributed by atoms with E-state index in [4.69, 9.17) is 5.73 Å². The fourth-order valence-electron chi connectivity index (χ4n) is 3.69. The lowest BCUT2D eigenvalue weighted by atomic mass is 9.88. The van der Waals surface area contributed by atoms with Crippen LogP contribution in [0.3, 0.4) is 0 Å². The molecule has 0 saturated heterocycles. The van der Waals surface area contributed by atoms with Crippen LogP contribution in [0, 0.1) is 0 Å². The molecule has 3 aromatic rings. The number of hydrogen-bond donors (Lipinski definition) is 2. The molecule has 0 atom stereocenters. The van der Waals surface area contributed by atoms with Crippen LogP contribution in [0.15, 0.2) is 83.1 Å². The summed E-state index contributed by atoms with van der Waals surface area (Å²) in [7, 11) is 0. The Balaban J connectivity index is 1.74. The van der Waals surface area contributed by atoms with Crippen molar-refractivity contribution in [2.24, 2.45) is 4.99 Å². The van der Waals surface area contributed by atoms with E-state index in [1.165, 1.54) is 0 Å². The summed E-state index contributed by atoms with van der Waals surface area (Å²) in [6, 6.07) is 21.3. The molecule has 28 heavy (non-hydrogen) atoms. The summed E-state index contributed by atoms with van der Waals surface area (Å²) < 4.78 is 0. The average molecular weight is 370 g/mol. The zero-order valence-electron chi connectivity index (χ0n) is 15.6. The summed E-state index contributed by atoms with van der Waals surface area (Å²) in [5.41, 5.74) is 9.15. The van der Waals surface area contributed by atoms with Gasteiger partial charge in [0.25, 0.3) is 0 Å². The number of ketones is 1. The van der Waals surface area contributed by atoms with Gasteiger partial charge in [0.1, 0.15) is 5.76 Å². The van der Waals surface area contributed by atoms with E-state index >= 15 is 0 Å². The first-order chi connectivity index (χ1) is 13.6. The van der Waals surface area contributed by atoms with Crippen molar-refractivity contribution < 1.29 is 9.90 Å². The highest BCUT2D eigenvalue weighted by molar-refractivity contribution is 6.24. The molecule has 1 fully saturated rings. The minimum atomic E-state index is -0.0434. The van der Waals surface area contributed by atoms with Gasteiger partial charge >= 0.3 is 0 Å². The van der Waals surface area contributed by atoms with E-state index in [2.05, 4.69) is 4.99 Å². The lowest BCUT2D eigenvalue weighted by Gasteiger charge is -2.18. The van der Waals surface area contributed by atoms with E-state index in [1.807, 2.05) is 54.6 Å². The molecule has 1 aliphatic carbocycles. The number of nitrogens with two attached hydrogens (primary N) is 1. The summed E-state index contributed by atoms with van der Waals surface area (Å²) in [4.78, 5) is 17.3. The van der Waals surface area contributed by atoms with E-state index in [9.17, 15) is 9.90 Å². The minimum Gasteiger partial charge on any atom is -0.511 e. The number of fused-ring (bicyclic) bond motifs is 1. The second-order valence-electron chi connectivity index (χ2n) is 7.06. The first-order valence-electron chi connectivity index (χ1n) is 9.47. The Kier molecular flexibility index (Phi) is 4.94. The van der Waals surface area contributed by atoms with Crippen LogP contribution in [0.5, 0.6) is 0 Å². The van der Waals surface area contributed by atoms with Gasteiger partial charge in [0, 0.05) is 18.5 Å². The smallest absolute Gasteiger partial charge is 0.168 e. The number of rotatable bonds is 3. The SMILES string of the molecule is Nc1ccc(N=C2CCCC(=O)/C2=C(\O)Cc2cccc3ccccc23)cc1. The number of anilines is 1. The van der Waals surface area contributed by atoms with Crippen LogP contribution in [0.2, 0.25) is 0 Å². The molecule has 4 rings (SSSR count). The van der Waals surface area contributed by atoms with Gasteiger partial charge in [-0.05, 0) is 53.4 Å². The van der Waals surface area contributed by atoms with Crippen LogP contribution in [0.4, 0.5) is 11.4 Å². The lowest BCUT2D eigenvalue weighted by Crippen LogP contribution is -2.21. The average Bonchev–Trinajstić information content (AvgIpc) is 2.70. The maximum Gasteiger partial charge on any atom is 0.168 e. The number of Topliss-reactive ketones (excluding diaryl/α,β-unsaturated/α-hetero) is 1. The normalized spacial score (nSPS) is 17.9. The Bertz CT molecular complexity index is 1090. The van der Waals surface area contributed by atoms with Crippen molar-refractivity contribution in [2.45, 2.75) is 25.7 Å². The third kappa shape index (κ3) is 3.67. The maximum atomic E-state index is 12.6.